The first-order valence-corrected chi connectivity index (χ1v) is 16.0. The van der Waals surface area contributed by atoms with Gasteiger partial charge in [-0.1, -0.05) is 41.5 Å². The molecule has 0 aromatic heterocycles. The Morgan fingerprint density at radius 1 is 0.500 bits per heavy atom. The van der Waals surface area contributed by atoms with E-state index in [1.54, 1.807) is 0 Å². The molecule has 236 valence electrons. The Balaban J connectivity index is 2.11. The van der Waals surface area contributed by atoms with Crippen molar-refractivity contribution in [1.82, 2.24) is 29.4 Å². The molecule has 1 heterocycles. The number of hydrogen-bond acceptors (Lipinski definition) is 10. The lowest BCUT2D eigenvalue weighted by Crippen LogP contribution is -2.48. The monoisotopic (exact) mass is 570 g/mol. The van der Waals surface area contributed by atoms with Crippen molar-refractivity contribution in [3.05, 3.63) is 0 Å². The lowest BCUT2D eigenvalue weighted by molar-refractivity contribution is -0.146. The summed E-state index contributed by atoms with van der Waals surface area (Å²) in [5.74, 6) is -0.208. The minimum absolute atomic E-state index is 0.104. The molecule has 1 aliphatic rings. The van der Waals surface area contributed by atoms with Gasteiger partial charge >= 0.3 is 11.9 Å². The number of esters is 2. The molecule has 1 rings (SSSR count). The van der Waals surface area contributed by atoms with Crippen molar-refractivity contribution >= 4 is 11.9 Å². The number of hydrogen-bond donors (Lipinski definition) is 0. The van der Waals surface area contributed by atoms with Crippen molar-refractivity contribution in [1.29, 1.82) is 0 Å². The Morgan fingerprint density at radius 3 is 1.10 bits per heavy atom. The van der Waals surface area contributed by atoms with Crippen LogP contribution in [-0.4, -0.2) is 172 Å². The Bertz CT molecular complexity index is 586. The number of rotatable bonds is 24. The smallest absolute Gasteiger partial charge is 0.307 e. The predicted octanol–water partition coefficient (Wildman–Crippen LogP) is 1.80. The van der Waals surface area contributed by atoms with E-state index in [2.05, 4.69) is 70.9 Å². The van der Waals surface area contributed by atoms with Gasteiger partial charge in [-0.2, -0.15) is 0 Å². The fourth-order valence-corrected chi connectivity index (χ4v) is 4.96. The molecule has 1 saturated heterocycles. The predicted molar refractivity (Wildman–Crippen MR) is 164 cm³/mol. The second-order valence-electron chi connectivity index (χ2n) is 10.5. The second kappa shape index (κ2) is 23.3. The summed E-state index contributed by atoms with van der Waals surface area (Å²) in [5.41, 5.74) is 0. The molecule has 40 heavy (non-hydrogen) atoms. The standard InChI is InChI=1S/C30H62N6O4/c1-7-31(8-2)17-19-33(11-5)15-13-29(37)39-27-25-35-21-23-36(24-22-35)26-28-40-30(38)14-16-34(12-6)20-18-32(9-3)10-4/h7-28H2,1-6H3. The number of carbonyl (C=O) groups excluding carboxylic acids is 2. The second-order valence-corrected chi connectivity index (χ2v) is 10.5. The van der Waals surface area contributed by atoms with E-state index in [1.165, 1.54) is 0 Å². The third-order valence-corrected chi connectivity index (χ3v) is 8.22. The van der Waals surface area contributed by atoms with Crippen LogP contribution in [0.2, 0.25) is 0 Å². The zero-order valence-electron chi connectivity index (χ0n) is 26.9. The van der Waals surface area contributed by atoms with Crippen LogP contribution in [0.25, 0.3) is 0 Å². The van der Waals surface area contributed by atoms with Crippen molar-refractivity contribution in [2.75, 3.05) is 131 Å². The Kier molecular flexibility index (Phi) is 21.4. The van der Waals surface area contributed by atoms with Crippen molar-refractivity contribution < 1.29 is 19.1 Å². The van der Waals surface area contributed by atoms with Gasteiger partial charge in [0.05, 0.1) is 12.8 Å². The van der Waals surface area contributed by atoms with Gasteiger partial charge in [0.15, 0.2) is 0 Å². The van der Waals surface area contributed by atoms with Crippen molar-refractivity contribution in [2.24, 2.45) is 0 Å². The summed E-state index contributed by atoms with van der Waals surface area (Å²) in [6.45, 7) is 31.0. The summed E-state index contributed by atoms with van der Waals surface area (Å²) in [6, 6.07) is 0. The van der Waals surface area contributed by atoms with Crippen LogP contribution < -0.4 is 0 Å². The van der Waals surface area contributed by atoms with Gasteiger partial charge in [-0.15, -0.1) is 0 Å². The molecule has 0 bridgehead atoms. The molecule has 10 heteroatoms. The number of carbonyl (C=O) groups is 2. The van der Waals surface area contributed by atoms with Crippen molar-refractivity contribution in [3.8, 4) is 0 Å². The first-order chi connectivity index (χ1) is 19.4. The summed E-state index contributed by atoms with van der Waals surface area (Å²) in [5, 5.41) is 0. The first-order valence-electron chi connectivity index (χ1n) is 16.0. The maximum atomic E-state index is 12.2. The van der Waals surface area contributed by atoms with Gasteiger partial charge < -0.3 is 29.1 Å². The molecule has 0 saturated carbocycles. The van der Waals surface area contributed by atoms with Crippen LogP contribution in [0, 0.1) is 0 Å². The highest BCUT2D eigenvalue weighted by Crippen LogP contribution is 2.03. The van der Waals surface area contributed by atoms with Crippen LogP contribution >= 0.6 is 0 Å². The van der Waals surface area contributed by atoms with Crippen molar-refractivity contribution in [3.63, 3.8) is 0 Å². The van der Waals surface area contributed by atoms with E-state index in [9.17, 15) is 9.59 Å². The van der Waals surface area contributed by atoms with Gasteiger partial charge in [-0.3, -0.25) is 19.4 Å². The molecule has 0 aliphatic carbocycles. The summed E-state index contributed by atoms with van der Waals surface area (Å²) >= 11 is 0. The van der Waals surface area contributed by atoms with Gasteiger partial charge in [0.25, 0.3) is 0 Å². The summed E-state index contributed by atoms with van der Waals surface area (Å²) < 4.78 is 11.0. The highest BCUT2D eigenvalue weighted by atomic mass is 16.5. The van der Waals surface area contributed by atoms with E-state index < -0.39 is 0 Å². The van der Waals surface area contributed by atoms with Crippen molar-refractivity contribution in [2.45, 2.75) is 54.4 Å². The van der Waals surface area contributed by atoms with Crippen LogP contribution in [0.1, 0.15) is 54.4 Å². The molecule has 0 amide bonds. The number of piperazine rings is 1. The lowest BCUT2D eigenvalue weighted by atomic mass is 10.3. The average Bonchev–Trinajstić information content (AvgIpc) is 2.97. The Morgan fingerprint density at radius 2 is 0.800 bits per heavy atom. The SMILES string of the molecule is CCN(CC)CCN(CC)CCC(=O)OCCN1CCN(CCOC(=O)CCN(CC)CCN(CC)CC)CC1. The van der Waals surface area contributed by atoms with Gasteiger partial charge in [0, 0.05) is 78.5 Å². The highest BCUT2D eigenvalue weighted by molar-refractivity contribution is 5.69. The maximum Gasteiger partial charge on any atom is 0.307 e. The van der Waals surface area contributed by atoms with Gasteiger partial charge in [-0.05, 0) is 39.3 Å². The first kappa shape index (κ1) is 36.7. The van der Waals surface area contributed by atoms with Gasteiger partial charge in [0.2, 0.25) is 0 Å². The zero-order chi connectivity index (χ0) is 29.6. The van der Waals surface area contributed by atoms with E-state index in [0.717, 1.165) is 118 Å². The molecular formula is C30H62N6O4. The molecule has 0 spiro atoms. The molecule has 0 aromatic rings. The van der Waals surface area contributed by atoms with E-state index in [0.29, 0.717) is 26.1 Å². The van der Waals surface area contributed by atoms with Crippen LogP contribution in [-0.2, 0) is 19.1 Å². The molecule has 0 unspecified atom stereocenters. The molecule has 0 atom stereocenters. The summed E-state index contributed by atoms with van der Waals surface area (Å²) in [6.07, 6.45) is 0.900. The number of ether oxygens (including phenoxy) is 2. The summed E-state index contributed by atoms with van der Waals surface area (Å²) in [7, 11) is 0. The van der Waals surface area contributed by atoms with Gasteiger partial charge in [0.1, 0.15) is 13.2 Å². The topological polar surface area (TPSA) is 72.0 Å². The largest absolute Gasteiger partial charge is 0.464 e. The average molecular weight is 571 g/mol. The zero-order valence-corrected chi connectivity index (χ0v) is 26.9. The quantitative estimate of drug-likeness (QED) is 0.161. The normalized spacial score (nSPS) is 15.1. The Labute approximate surface area is 245 Å². The fraction of sp³-hybridized carbons (Fsp3) is 0.933. The summed E-state index contributed by atoms with van der Waals surface area (Å²) in [4.78, 5) is 38.6. The third kappa shape index (κ3) is 16.8. The number of nitrogens with zero attached hydrogens (tertiary/aromatic N) is 6. The van der Waals surface area contributed by atoms with E-state index in [-0.39, 0.29) is 11.9 Å². The van der Waals surface area contributed by atoms with Crippen LogP contribution in [0.4, 0.5) is 0 Å². The highest BCUT2D eigenvalue weighted by Gasteiger charge is 2.18. The van der Waals surface area contributed by atoms with Gasteiger partial charge in [-0.25, -0.2) is 0 Å². The fourth-order valence-electron chi connectivity index (χ4n) is 4.96. The molecule has 0 radical (unpaired) electrons. The Hall–Kier alpha value is -1.30. The molecule has 0 N–H and O–H groups in total. The molecule has 1 fully saturated rings. The minimum Gasteiger partial charge on any atom is -0.464 e. The van der Waals surface area contributed by atoms with E-state index in [4.69, 9.17) is 9.47 Å². The van der Waals surface area contributed by atoms with E-state index >= 15 is 0 Å². The van der Waals surface area contributed by atoms with Crippen LogP contribution in [0.5, 0.6) is 0 Å². The molecular weight excluding hydrogens is 508 g/mol. The molecule has 10 nitrogen and oxygen atoms in total. The third-order valence-electron chi connectivity index (χ3n) is 8.22. The van der Waals surface area contributed by atoms with Crippen LogP contribution in [0.15, 0.2) is 0 Å². The lowest BCUT2D eigenvalue weighted by Gasteiger charge is -2.34. The maximum absolute atomic E-state index is 12.2. The molecule has 1 aliphatic heterocycles. The molecule has 0 aromatic carbocycles. The number of likely N-dealkylation sites (N-methyl/N-ethyl adjacent to an activating group) is 4. The van der Waals surface area contributed by atoms with E-state index in [1.807, 2.05) is 0 Å². The van der Waals surface area contributed by atoms with Crippen LogP contribution in [0.3, 0.4) is 0 Å². The minimum atomic E-state index is -0.104.